The number of pyridine rings is 1. The van der Waals surface area contributed by atoms with E-state index >= 15 is 0 Å². The fourth-order valence-corrected chi connectivity index (χ4v) is 4.89. The summed E-state index contributed by atoms with van der Waals surface area (Å²) < 4.78 is 78.2. The molecule has 2 aromatic rings. The van der Waals surface area contributed by atoms with E-state index in [1.807, 2.05) is 0 Å². The maximum absolute atomic E-state index is 13.2. The smallest absolute Gasteiger partial charge is 0.377 e. The fraction of sp³-hybridized carbons (Fsp3) is 0.400. The molecule has 1 saturated heterocycles. The lowest BCUT2D eigenvalue weighted by atomic mass is 10.1. The van der Waals surface area contributed by atoms with Gasteiger partial charge in [-0.05, 0) is 31.2 Å². The lowest BCUT2D eigenvalue weighted by Gasteiger charge is -2.33. The minimum Gasteiger partial charge on any atom is -0.377 e. The Hall–Kier alpha value is -1.96. The molecule has 0 radical (unpaired) electrons. The monoisotopic (exact) mass is 541 g/mol. The fourth-order valence-electron chi connectivity index (χ4n) is 3.33. The number of aromatic nitrogens is 1. The van der Waals surface area contributed by atoms with Crippen molar-refractivity contribution in [2.45, 2.75) is 30.3 Å². The number of nitrogens with zero attached hydrogens (tertiary/aromatic N) is 2. The van der Waals surface area contributed by atoms with Crippen molar-refractivity contribution in [3.8, 4) is 0 Å². The van der Waals surface area contributed by atoms with Crippen LogP contribution in [-0.2, 0) is 25.7 Å². The van der Waals surface area contributed by atoms with Crippen LogP contribution >= 0.6 is 23.2 Å². The number of rotatable bonds is 6. The summed E-state index contributed by atoms with van der Waals surface area (Å²) in [6.45, 7) is 2.70. The maximum Gasteiger partial charge on any atom is 0.417 e. The zero-order chi connectivity index (χ0) is 25.3. The third-order valence-corrected chi connectivity index (χ3v) is 6.98. The Balaban J connectivity index is 1.98. The van der Waals surface area contributed by atoms with Crippen LogP contribution in [0.2, 0.25) is 10.0 Å². The summed E-state index contributed by atoms with van der Waals surface area (Å²) in [5, 5.41) is -0.560. The van der Waals surface area contributed by atoms with Gasteiger partial charge >= 0.3 is 6.18 Å². The number of amides is 1. The van der Waals surface area contributed by atoms with Crippen molar-refractivity contribution in [2.24, 2.45) is 0 Å². The second-order valence-corrected chi connectivity index (χ2v) is 9.95. The van der Waals surface area contributed by atoms with E-state index < -0.39 is 43.8 Å². The zero-order valence-corrected chi connectivity index (χ0v) is 20.2. The van der Waals surface area contributed by atoms with Gasteiger partial charge in [0.2, 0.25) is 10.0 Å². The van der Waals surface area contributed by atoms with E-state index in [1.165, 1.54) is 17.2 Å². The van der Waals surface area contributed by atoms with E-state index in [0.717, 1.165) is 19.2 Å². The Morgan fingerprint density at radius 2 is 2.03 bits per heavy atom. The average molecular weight is 542 g/mol. The minimum atomic E-state index is -4.87. The van der Waals surface area contributed by atoms with Crippen LogP contribution in [0.3, 0.4) is 0 Å². The number of carbonyl (C=O) groups excluding carboxylic acids is 1. The van der Waals surface area contributed by atoms with E-state index in [9.17, 15) is 26.4 Å². The van der Waals surface area contributed by atoms with Crippen molar-refractivity contribution >= 4 is 39.1 Å². The summed E-state index contributed by atoms with van der Waals surface area (Å²) in [4.78, 5) is 18.1. The van der Waals surface area contributed by atoms with Crippen molar-refractivity contribution < 1.29 is 35.9 Å². The first-order valence-electron chi connectivity index (χ1n) is 9.81. The molecule has 34 heavy (non-hydrogen) atoms. The molecule has 186 valence electrons. The van der Waals surface area contributed by atoms with E-state index in [1.54, 1.807) is 6.92 Å². The molecule has 1 aromatic heterocycles. The highest BCUT2D eigenvalue weighted by Gasteiger charge is 2.36. The van der Waals surface area contributed by atoms with Crippen LogP contribution in [0.5, 0.6) is 0 Å². The molecular weight excluding hydrogens is 522 g/mol. The van der Waals surface area contributed by atoms with E-state index in [0.29, 0.717) is 19.3 Å². The number of ether oxygens (including phenoxy) is 2. The second kappa shape index (κ2) is 10.3. The number of sulfonamides is 1. The van der Waals surface area contributed by atoms with Gasteiger partial charge in [0.15, 0.2) is 0 Å². The van der Waals surface area contributed by atoms with Gasteiger partial charge < -0.3 is 14.4 Å². The molecule has 1 fully saturated rings. The molecule has 1 amide bonds. The molecule has 1 aliphatic heterocycles. The molecule has 2 unspecified atom stereocenters. The SMILES string of the molecule is COC(NS(=O)(=O)c1ccc(Cl)c(C(F)(F)F)c1)c1cc(Cl)cnc1C(=O)N1CCOCC1C. The van der Waals surface area contributed by atoms with Crippen LogP contribution in [0.1, 0.15) is 34.8 Å². The van der Waals surface area contributed by atoms with Crippen LogP contribution < -0.4 is 4.72 Å². The van der Waals surface area contributed by atoms with Crippen LogP contribution in [-0.4, -0.2) is 57.1 Å². The summed E-state index contributed by atoms with van der Waals surface area (Å²) >= 11 is 11.6. The van der Waals surface area contributed by atoms with Crippen LogP contribution in [0.15, 0.2) is 35.4 Å². The lowest BCUT2D eigenvalue weighted by molar-refractivity contribution is -0.137. The lowest BCUT2D eigenvalue weighted by Crippen LogP contribution is -2.47. The molecule has 0 bridgehead atoms. The van der Waals surface area contributed by atoms with Crippen molar-refractivity contribution in [3.05, 3.63) is 57.3 Å². The number of carbonyl (C=O) groups is 1. The Labute approximate surface area is 204 Å². The van der Waals surface area contributed by atoms with Gasteiger partial charge in [-0.15, -0.1) is 0 Å². The number of hydrogen-bond acceptors (Lipinski definition) is 6. The molecule has 0 saturated carbocycles. The molecule has 0 aliphatic carbocycles. The summed E-state index contributed by atoms with van der Waals surface area (Å²) in [7, 11) is -3.40. The number of morpholine rings is 1. The third kappa shape index (κ3) is 5.81. The average Bonchev–Trinajstić information content (AvgIpc) is 2.76. The van der Waals surface area contributed by atoms with E-state index in [4.69, 9.17) is 32.7 Å². The second-order valence-electron chi connectivity index (χ2n) is 7.39. The maximum atomic E-state index is 13.2. The first-order chi connectivity index (χ1) is 15.8. The van der Waals surface area contributed by atoms with Crippen molar-refractivity contribution in [3.63, 3.8) is 0 Å². The first-order valence-corrected chi connectivity index (χ1v) is 12.0. The number of halogens is 5. The number of methoxy groups -OCH3 is 1. The molecule has 2 atom stereocenters. The number of nitrogens with one attached hydrogen (secondary N) is 1. The Morgan fingerprint density at radius 1 is 1.32 bits per heavy atom. The molecular formula is C20H20Cl2F3N3O5S. The summed E-state index contributed by atoms with van der Waals surface area (Å²) in [6.07, 6.45) is -5.13. The minimum absolute atomic E-state index is 0.00715. The summed E-state index contributed by atoms with van der Waals surface area (Å²) in [5.41, 5.74) is -1.44. The molecule has 1 N–H and O–H groups in total. The first kappa shape index (κ1) is 26.6. The molecule has 3 rings (SSSR count). The highest BCUT2D eigenvalue weighted by atomic mass is 35.5. The molecule has 14 heteroatoms. The Morgan fingerprint density at radius 3 is 2.65 bits per heavy atom. The van der Waals surface area contributed by atoms with Crippen molar-refractivity contribution in [1.29, 1.82) is 0 Å². The van der Waals surface area contributed by atoms with Crippen LogP contribution in [0.4, 0.5) is 13.2 Å². The van der Waals surface area contributed by atoms with Gasteiger partial charge in [-0.25, -0.2) is 13.4 Å². The Kier molecular flexibility index (Phi) is 8.10. The summed E-state index contributed by atoms with van der Waals surface area (Å²) in [6, 6.07) is 3.20. The quantitative estimate of drug-likeness (QED) is 0.557. The molecule has 1 aliphatic rings. The van der Waals surface area contributed by atoms with E-state index in [2.05, 4.69) is 9.71 Å². The van der Waals surface area contributed by atoms with Crippen molar-refractivity contribution in [1.82, 2.24) is 14.6 Å². The van der Waals surface area contributed by atoms with Gasteiger partial charge in [0.1, 0.15) is 11.9 Å². The third-order valence-electron chi connectivity index (χ3n) is 5.05. The molecule has 1 aromatic carbocycles. The predicted molar refractivity (Wildman–Crippen MR) is 117 cm³/mol. The van der Waals surface area contributed by atoms with E-state index in [-0.39, 0.29) is 28.9 Å². The van der Waals surface area contributed by atoms with Gasteiger partial charge in [-0.2, -0.15) is 17.9 Å². The molecule has 8 nitrogen and oxygen atoms in total. The van der Waals surface area contributed by atoms with Gasteiger partial charge in [0, 0.05) is 25.4 Å². The standard InChI is InChI=1S/C20H20Cl2F3N3O5S/c1-11-10-33-6-5-28(11)19(29)17-14(7-12(21)9-26-17)18(32-2)27-34(30,31)13-3-4-16(22)15(8-13)20(23,24)25/h3-4,7-9,11,18,27H,5-6,10H2,1-2H3. The topological polar surface area (TPSA) is 97.8 Å². The summed E-state index contributed by atoms with van der Waals surface area (Å²) in [5.74, 6) is -0.505. The van der Waals surface area contributed by atoms with Gasteiger partial charge in [0.25, 0.3) is 5.91 Å². The largest absolute Gasteiger partial charge is 0.417 e. The number of alkyl halides is 3. The van der Waals surface area contributed by atoms with Gasteiger partial charge in [0.05, 0.1) is 39.8 Å². The zero-order valence-electron chi connectivity index (χ0n) is 17.9. The molecule has 0 spiro atoms. The number of benzene rings is 1. The predicted octanol–water partition coefficient (Wildman–Crippen LogP) is 3.89. The van der Waals surface area contributed by atoms with Gasteiger partial charge in [-0.3, -0.25) is 4.79 Å². The van der Waals surface area contributed by atoms with Crippen LogP contribution in [0.25, 0.3) is 0 Å². The highest BCUT2D eigenvalue weighted by molar-refractivity contribution is 7.89. The van der Waals surface area contributed by atoms with Crippen LogP contribution in [0, 0.1) is 0 Å². The number of hydrogen-bond donors (Lipinski definition) is 1. The van der Waals surface area contributed by atoms with Gasteiger partial charge in [-0.1, -0.05) is 23.2 Å². The Bertz CT molecular complexity index is 1180. The highest BCUT2D eigenvalue weighted by Crippen LogP contribution is 2.36. The van der Waals surface area contributed by atoms with Crippen molar-refractivity contribution in [2.75, 3.05) is 26.9 Å². The normalized spacial score (nSPS) is 18.1. The molecule has 2 heterocycles.